The highest BCUT2D eigenvalue weighted by Crippen LogP contribution is 2.28. The number of hydrogen-bond acceptors (Lipinski definition) is 6. The number of aromatic nitrogens is 2. The number of rotatable bonds is 4. The fourth-order valence-corrected chi connectivity index (χ4v) is 4.20. The van der Waals surface area contributed by atoms with Crippen molar-refractivity contribution in [1.29, 1.82) is 0 Å². The van der Waals surface area contributed by atoms with E-state index in [4.69, 9.17) is 14.5 Å². The van der Waals surface area contributed by atoms with E-state index in [-0.39, 0.29) is 5.56 Å². The van der Waals surface area contributed by atoms with Gasteiger partial charge in [-0.15, -0.1) is 11.3 Å². The lowest BCUT2D eigenvalue weighted by Gasteiger charge is -2.20. The minimum absolute atomic E-state index is 0.0907. The molecule has 0 N–H and O–H groups in total. The Hall–Kier alpha value is -2.38. The predicted molar refractivity (Wildman–Crippen MR) is 102 cm³/mol. The van der Waals surface area contributed by atoms with Crippen LogP contribution in [-0.4, -0.2) is 41.8 Å². The monoisotopic (exact) mass is 371 g/mol. The smallest absolute Gasteiger partial charge is 0.271 e. The lowest BCUT2D eigenvalue weighted by atomic mass is 10.2. The maximum absolute atomic E-state index is 12.7. The first-order valence-corrected chi connectivity index (χ1v) is 9.47. The molecule has 0 saturated carbocycles. The van der Waals surface area contributed by atoms with Crippen LogP contribution < -0.4 is 15.0 Å². The Morgan fingerprint density at radius 2 is 1.96 bits per heavy atom. The van der Waals surface area contributed by atoms with Crippen LogP contribution in [0.5, 0.6) is 11.5 Å². The molecule has 3 aromatic rings. The van der Waals surface area contributed by atoms with Crippen molar-refractivity contribution in [2.45, 2.75) is 19.5 Å². The van der Waals surface area contributed by atoms with Crippen LogP contribution in [0.15, 0.2) is 34.4 Å². The van der Waals surface area contributed by atoms with Crippen LogP contribution >= 0.6 is 11.3 Å². The summed E-state index contributed by atoms with van der Waals surface area (Å²) in [5, 5.41) is 1.93. The number of nitrogens with zero attached hydrogens (tertiary/aromatic N) is 3. The van der Waals surface area contributed by atoms with E-state index >= 15 is 0 Å². The van der Waals surface area contributed by atoms with Gasteiger partial charge in [0.1, 0.15) is 10.5 Å². The third kappa shape index (κ3) is 3.08. The average molecular weight is 371 g/mol. The predicted octanol–water partition coefficient (Wildman–Crippen LogP) is 2.53. The molecule has 0 spiro atoms. The summed E-state index contributed by atoms with van der Waals surface area (Å²) in [6, 6.07) is 7.92. The summed E-state index contributed by atoms with van der Waals surface area (Å²) < 4.78 is 13.3. The van der Waals surface area contributed by atoms with E-state index in [0.29, 0.717) is 6.54 Å². The molecule has 0 aliphatic carbocycles. The maximum Gasteiger partial charge on any atom is 0.271 e. The van der Waals surface area contributed by atoms with Crippen LogP contribution in [-0.2, 0) is 19.5 Å². The van der Waals surface area contributed by atoms with E-state index in [1.807, 2.05) is 28.1 Å². The topological polar surface area (TPSA) is 56.6 Å². The Kier molecular flexibility index (Phi) is 4.65. The number of benzene rings is 1. The molecule has 7 heteroatoms. The molecule has 0 amide bonds. The molecular weight excluding hydrogens is 350 g/mol. The molecule has 3 heterocycles. The van der Waals surface area contributed by atoms with E-state index in [2.05, 4.69) is 11.0 Å². The highest BCUT2D eigenvalue weighted by atomic mass is 32.1. The van der Waals surface area contributed by atoms with Crippen molar-refractivity contribution in [2.24, 2.45) is 0 Å². The molecule has 2 aromatic heterocycles. The molecule has 6 nitrogen and oxygen atoms in total. The van der Waals surface area contributed by atoms with Crippen LogP contribution in [0.2, 0.25) is 0 Å². The highest BCUT2D eigenvalue weighted by Gasteiger charge is 2.18. The van der Waals surface area contributed by atoms with Gasteiger partial charge in [0.05, 0.1) is 19.7 Å². The van der Waals surface area contributed by atoms with E-state index in [9.17, 15) is 4.79 Å². The molecule has 1 aromatic carbocycles. The summed E-state index contributed by atoms with van der Waals surface area (Å²) in [5.41, 5.74) is 2.07. The van der Waals surface area contributed by atoms with Gasteiger partial charge in [-0.25, -0.2) is 4.98 Å². The number of fused-ring (bicyclic) bond motifs is 2. The first kappa shape index (κ1) is 17.1. The second-order valence-electron chi connectivity index (χ2n) is 6.34. The highest BCUT2D eigenvalue weighted by molar-refractivity contribution is 7.17. The van der Waals surface area contributed by atoms with E-state index in [1.54, 1.807) is 14.2 Å². The zero-order valence-corrected chi connectivity index (χ0v) is 15.7. The van der Waals surface area contributed by atoms with Crippen LogP contribution in [0.3, 0.4) is 0 Å². The zero-order chi connectivity index (χ0) is 18.1. The zero-order valence-electron chi connectivity index (χ0n) is 14.9. The van der Waals surface area contributed by atoms with Gasteiger partial charge in [0, 0.05) is 32.6 Å². The largest absolute Gasteiger partial charge is 0.493 e. The first-order valence-electron chi connectivity index (χ1n) is 8.60. The van der Waals surface area contributed by atoms with Gasteiger partial charge in [0.2, 0.25) is 0 Å². The Labute approximate surface area is 155 Å². The SMILES string of the molecule is COc1ccc(CN2CCc3nc4ccsc4c(=O)n3CC2)cc1OC. The van der Waals surface area contributed by atoms with Crippen molar-refractivity contribution < 1.29 is 9.47 Å². The molecule has 136 valence electrons. The maximum atomic E-state index is 12.7. The Balaban J connectivity index is 1.54. The van der Waals surface area contributed by atoms with Gasteiger partial charge >= 0.3 is 0 Å². The van der Waals surface area contributed by atoms with Crippen LogP contribution in [0, 0.1) is 0 Å². The molecule has 4 rings (SSSR count). The molecule has 26 heavy (non-hydrogen) atoms. The van der Waals surface area contributed by atoms with Crippen molar-refractivity contribution in [3.63, 3.8) is 0 Å². The molecule has 0 saturated heterocycles. The van der Waals surface area contributed by atoms with Gasteiger partial charge in [0.25, 0.3) is 5.56 Å². The van der Waals surface area contributed by atoms with Crippen molar-refractivity contribution in [1.82, 2.24) is 14.5 Å². The Morgan fingerprint density at radius 1 is 1.12 bits per heavy atom. The number of hydrogen-bond donors (Lipinski definition) is 0. The van der Waals surface area contributed by atoms with Crippen molar-refractivity contribution in [2.75, 3.05) is 27.3 Å². The molecule has 1 aliphatic rings. The van der Waals surface area contributed by atoms with Gasteiger partial charge in [-0.2, -0.15) is 0 Å². The number of methoxy groups -OCH3 is 2. The molecule has 0 unspecified atom stereocenters. The summed E-state index contributed by atoms with van der Waals surface area (Å²) in [6.07, 6.45) is 0.772. The quantitative estimate of drug-likeness (QED) is 0.705. The summed E-state index contributed by atoms with van der Waals surface area (Å²) >= 11 is 1.47. The van der Waals surface area contributed by atoms with E-state index < -0.39 is 0 Å². The minimum Gasteiger partial charge on any atom is -0.493 e. The lowest BCUT2D eigenvalue weighted by molar-refractivity contribution is 0.270. The minimum atomic E-state index is 0.0907. The molecule has 0 bridgehead atoms. The average Bonchev–Trinajstić information content (AvgIpc) is 3.04. The third-order valence-electron chi connectivity index (χ3n) is 4.79. The van der Waals surface area contributed by atoms with Crippen LogP contribution in [0.25, 0.3) is 10.2 Å². The summed E-state index contributed by atoms with van der Waals surface area (Å²) in [4.78, 5) is 19.7. The normalized spacial score (nSPS) is 14.8. The van der Waals surface area contributed by atoms with Gasteiger partial charge in [-0.05, 0) is 29.1 Å². The van der Waals surface area contributed by atoms with Crippen molar-refractivity contribution >= 4 is 21.6 Å². The lowest BCUT2D eigenvalue weighted by Crippen LogP contribution is -2.28. The van der Waals surface area contributed by atoms with Gasteiger partial charge < -0.3 is 9.47 Å². The van der Waals surface area contributed by atoms with Gasteiger partial charge in [0.15, 0.2) is 11.5 Å². The molecule has 0 radical (unpaired) electrons. The fraction of sp³-hybridized carbons (Fsp3) is 0.368. The Bertz CT molecular complexity index is 995. The van der Waals surface area contributed by atoms with E-state index in [1.165, 1.54) is 11.3 Å². The third-order valence-corrected chi connectivity index (χ3v) is 5.68. The summed E-state index contributed by atoms with van der Waals surface area (Å²) in [7, 11) is 3.28. The van der Waals surface area contributed by atoms with Gasteiger partial charge in [-0.3, -0.25) is 14.3 Å². The molecule has 0 atom stereocenters. The fourth-order valence-electron chi connectivity index (χ4n) is 3.42. The number of ether oxygens (including phenoxy) is 2. The molecular formula is C19H21N3O3S. The van der Waals surface area contributed by atoms with Crippen LogP contribution in [0.1, 0.15) is 11.4 Å². The second-order valence-corrected chi connectivity index (χ2v) is 7.25. The van der Waals surface area contributed by atoms with Crippen LogP contribution in [0.4, 0.5) is 0 Å². The number of thiophene rings is 1. The second kappa shape index (κ2) is 7.09. The van der Waals surface area contributed by atoms with E-state index in [0.717, 1.165) is 59.2 Å². The van der Waals surface area contributed by atoms with Crippen molar-refractivity contribution in [3.8, 4) is 11.5 Å². The van der Waals surface area contributed by atoms with Crippen molar-refractivity contribution in [3.05, 3.63) is 51.4 Å². The Morgan fingerprint density at radius 3 is 2.77 bits per heavy atom. The summed E-state index contributed by atoms with van der Waals surface area (Å²) in [5.74, 6) is 2.35. The molecule has 0 fully saturated rings. The summed E-state index contributed by atoms with van der Waals surface area (Å²) in [6.45, 7) is 3.16. The first-order chi connectivity index (χ1) is 12.7. The molecule has 1 aliphatic heterocycles. The standard InChI is InChI=1S/C19H21N3O3S/c1-24-15-4-3-13(11-16(15)25-2)12-21-7-5-17-20-14-6-10-26-18(14)19(23)22(17)9-8-21/h3-4,6,10-11H,5,7-9,12H2,1-2H3. The van der Waals surface area contributed by atoms with Gasteiger partial charge in [-0.1, -0.05) is 6.07 Å².